The summed E-state index contributed by atoms with van der Waals surface area (Å²) in [5.41, 5.74) is 1.11. The lowest BCUT2D eigenvalue weighted by Gasteiger charge is -2.13. The fourth-order valence-corrected chi connectivity index (χ4v) is 2.30. The molecule has 0 saturated heterocycles. The van der Waals surface area contributed by atoms with E-state index in [1.54, 1.807) is 0 Å². The molecule has 0 unspecified atom stereocenters. The number of nitrogens with one attached hydrogen (secondary N) is 3. The van der Waals surface area contributed by atoms with Gasteiger partial charge < -0.3 is 9.72 Å². The van der Waals surface area contributed by atoms with Crippen molar-refractivity contribution in [2.45, 2.75) is 19.8 Å². The number of carbonyl (C=O) groups is 1. The molecular formula is C16H17N5O3. The molecule has 0 aliphatic heterocycles. The molecule has 0 atom stereocenters. The number of imidazole rings is 1. The summed E-state index contributed by atoms with van der Waals surface area (Å²) in [4.78, 5) is 36.9. The Morgan fingerprint density at radius 3 is 2.92 bits per heavy atom. The first-order chi connectivity index (χ1) is 11.5. The monoisotopic (exact) mass is 327 g/mol. The van der Waals surface area contributed by atoms with Crippen LogP contribution in [-0.2, 0) is 4.79 Å². The molecule has 2 heterocycles. The van der Waals surface area contributed by atoms with Gasteiger partial charge >= 0.3 is 0 Å². The number of carbonyl (C=O) groups excluding carboxylic acids is 1. The molecule has 3 rings (SSSR count). The van der Waals surface area contributed by atoms with Crippen molar-refractivity contribution in [3.05, 3.63) is 46.5 Å². The van der Waals surface area contributed by atoms with E-state index in [9.17, 15) is 9.59 Å². The van der Waals surface area contributed by atoms with Crippen LogP contribution in [0.4, 0.5) is 5.95 Å². The molecule has 24 heavy (non-hydrogen) atoms. The van der Waals surface area contributed by atoms with Crippen molar-refractivity contribution >= 4 is 23.0 Å². The SMILES string of the molecule is CC(C)c1ccccc1OCC(=O)Nc1nc2nc[nH]c2c(=O)[nH]1. The van der Waals surface area contributed by atoms with E-state index in [1.807, 2.05) is 24.3 Å². The van der Waals surface area contributed by atoms with Crippen molar-refractivity contribution in [2.24, 2.45) is 0 Å². The second kappa shape index (κ2) is 6.53. The van der Waals surface area contributed by atoms with Crippen LogP contribution in [0.25, 0.3) is 11.2 Å². The van der Waals surface area contributed by atoms with Gasteiger partial charge in [-0.05, 0) is 17.5 Å². The van der Waals surface area contributed by atoms with Crippen LogP contribution >= 0.6 is 0 Å². The van der Waals surface area contributed by atoms with Gasteiger partial charge in [0, 0.05) is 0 Å². The molecule has 0 aliphatic carbocycles. The molecule has 8 nitrogen and oxygen atoms in total. The summed E-state index contributed by atoms with van der Waals surface area (Å²) in [7, 11) is 0. The van der Waals surface area contributed by atoms with E-state index < -0.39 is 11.5 Å². The van der Waals surface area contributed by atoms with Gasteiger partial charge in [0.15, 0.2) is 17.8 Å². The van der Waals surface area contributed by atoms with E-state index in [0.29, 0.717) is 5.75 Å². The van der Waals surface area contributed by atoms with Crippen molar-refractivity contribution in [2.75, 3.05) is 11.9 Å². The highest BCUT2D eigenvalue weighted by molar-refractivity contribution is 5.90. The van der Waals surface area contributed by atoms with Crippen LogP contribution in [0.3, 0.4) is 0 Å². The molecule has 3 aromatic rings. The molecule has 1 amide bonds. The number of para-hydroxylation sites is 1. The number of amides is 1. The third kappa shape index (κ3) is 3.27. The van der Waals surface area contributed by atoms with E-state index >= 15 is 0 Å². The number of ether oxygens (including phenoxy) is 1. The molecule has 124 valence electrons. The highest BCUT2D eigenvalue weighted by atomic mass is 16.5. The molecular weight excluding hydrogens is 310 g/mol. The van der Waals surface area contributed by atoms with Gasteiger partial charge in [-0.25, -0.2) is 4.98 Å². The van der Waals surface area contributed by atoms with E-state index in [2.05, 4.69) is 39.1 Å². The minimum absolute atomic E-state index is 0.0327. The van der Waals surface area contributed by atoms with Gasteiger partial charge in [0.05, 0.1) is 6.33 Å². The molecule has 2 aromatic heterocycles. The predicted molar refractivity (Wildman–Crippen MR) is 89.2 cm³/mol. The smallest absolute Gasteiger partial charge is 0.278 e. The van der Waals surface area contributed by atoms with Gasteiger partial charge in [0.2, 0.25) is 5.95 Å². The highest BCUT2D eigenvalue weighted by Gasteiger charge is 2.11. The first-order valence-electron chi connectivity index (χ1n) is 7.49. The molecule has 8 heteroatoms. The van der Waals surface area contributed by atoms with Gasteiger partial charge in [0.25, 0.3) is 11.5 Å². The lowest BCUT2D eigenvalue weighted by atomic mass is 10.0. The molecule has 3 N–H and O–H groups in total. The number of anilines is 1. The van der Waals surface area contributed by atoms with Gasteiger partial charge in [-0.1, -0.05) is 32.0 Å². The van der Waals surface area contributed by atoms with Crippen molar-refractivity contribution in [1.82, 2.24) is 19.9 Å². The summed E-state index contributed by atoms with van der Waals surface area (Å²) in [6.07, 6.45) is 1.37. The number of aromatic amines is 2. The third-order valence-electron chi connectivity index (χ3n) is 3.45. The number of benzene rings is 1. The van der Waals surface area contributed by atoms with E-state index in [-0.39, 0.29) is 29.6 Å². The fourth-order valence-electron chi connectivity index (χ4n) is 2.30. The number of fused-ring (bicyclic) bond motifs is 1. The number of hydrogen-bond donors (Lipinski definition) is 3. The molecule has 0 saturated carbocycles. The standard InChI is InChI=1S/C16H17N5O3/c1-9(2)10-5-3-4-6-11(10)24-7-12(22)19-16-20-14-13(15(23)21-16)17-8-18-14/h3-6,8-9H,7H2,1-2H3,(H3,17,18,19,20,21,22,23). The van der Waals surface area contributed by atoms with E-state index in [0.717, 1.165) is 5.56 Å². The lowest BCUT2D eigenvalue weighted by molar-refractivity contribution is -0.118. The summed E-state index contributed by atoms with van der Waals surface area (Å²) in [5.74, 6) is 0.549. The second-order valence-corrected chi connectivity index (χ2v) is 5.55. The van der Waals surface area contributed by atoms with Crippen LogP contribution in [-0.4, -0.2) is 32.4 Å². The minimum atomic E-state index is -0.424. The van der Waals surface area contributed by atoms with Gasteiger partial charge in [-0.2, -0.15) is 4.98 Å². The quantitative estimate of drug-likeness (QED) is 0.661. The topological polar surface area (TPSA) is 113 Å². The Balaban J connectivity index is 1.68. The molecule has 0 spiro atoms. The largest absolute Gasteiger partial charge is 0.483 e. The Bertz CT molecular complexity index is 929. The van der Waals surface area contributed by atoms with Crippen LogP contribution in [0.1, 0.15) is 25.3 Å². The van der Waals surface area contributed by atoms with Crippen LogP contribution in [0.2, 0.25) is 0 Å². The maximum absolute atomic E-state index is 12.0. The summed E-state index contributed by atoms with van der Waals surface area (Å²) in [6, 6.07) is 7.56. The zero-order valence-corrected chi connectivity index (χ0v) is 13.3. The van der Waals surface area contributed by atoms with Crippen molar-refractivity contribution in [3.8, 4) is 5.75 Å². The normalized spacial score (nSPS) is 11.0. The van der Waals surface area contributed by atoms with Crippen molar-refractivity contribution < 1.29 is 9.53 Å². The summed E-state index contributed by atoms with van der Waals surface area (Å²) >= 11 is 0. The number of hydrogen-bond acceptors (Lipinski definition) is 5. The average Bonchev–Trinajstić information content (AvgIpc) is 3.02. The number of H-pyrrole nitrogens is 2. The molecule has 0 fully saturated rings. The maximum Gasteiger partial charge on any atom is 0.278 e. The molecule has 0 bridgehead atoms. The fraction of sp³-hybridized carbons (Fsp3) is 0.250. The zero-order chi connectivity index (χ0) is 17.1. The summed E-state index contributed by atoms with van der Waals surface area (Å²) in [6.45, 7) is 3.91. The van der Waals surface area contributed by atoms with Crippen LogP contribution in [0.15, 0.2) is 35.4 Å². The number of nitrogens with zero attached hydrogens (tertiary/aromatic N) is 2. The Kier molecular flexibility index (Phi) is 4.28. The number of rotatable bonds is 5. The summed E-state index contributed by atoms with van der Waals surface area (Å²) in [5, 5.41) is 2.50. The van der Waals surface area contributed by atoms with Gasteiger partial charge in [-0.3, -0.25) is 19.9 Å². The van der Waals surface area contributed by atoms with E-state index in [1.165, 1.54) is 6.33 Å². The first-order valence-corrected chi connectivity index (χ1v) is 7.49. The molecule has 0 aliphatic rings. The summed E-state index contributed by atoms with van der Waals surface area (Å²) < 4.78 is 5.58. The number of aromatic nitrogens is 4. The van der Waals surface area contributed by atoms with E-state index in [4.69, 9.17) is 4.74 Å². The third-order valence-corrected chi connectivity index (χ3v) is 3.45. The zero-order valence-electron chi connectivity index (χ0n) is 13.3. The van der Waals surface area contributed by atoms with Crippen LogP contribution in [0, 0.1) is 0 Å². The Hall–Kier alpha value is -3.16. The maximum atomic E-state index is 12.0. The van der Waals surface area contributed by atoms with Gasteiger partial charge in [-0.15, -0.1) is 0 Å². The molecule has 0 radical (unpaired) electrons. The Morgan fingerprint density at radius 1 is 1.33 bits per heavy atom. The van der Waals surface area contributed by atoms with Crippen LogP contribution in [0.5, 0.6) is 5.75 Å². The highest BCUT2D eigenvalue weighted by Crippen LogP contribution is 2.25. The van der Waals surface area contributed by atoms with Gasteiger partial charge in [0.1, 0.15) is 5.75 Å². The Morgan fingerprint density at radius 2 is 2.12 bits per heavy atom. The van der Waals surface area contributed by atoms with Crippen LogP contribution < -0.4 is 15.6 Å². The van der Waals surface area contributed by atoms with Crippen molar-refractivity contribution in [3.63, 3.8) is 0 Å². The second-order valence-electron chi connectivity index (χ2n) is 5.55. The first kappa shape index (κ1) is 15.7. The van der Waals surface area contributed by atoms with Crippen molar-refractivity contribution in [1.29, 1.82) is 0 Å². The average molecular weight is 327 g/mol. The molecule has 1 aromatic carbocycles. The Labute approximate surface area is 137 Å². The minimum Gasteiger partial charge on any atom is -0.483 e. The predicted octanol–water partition coefficient (Wildman–Crippen LogP) is 1.79. The lowest BCUT2D eigenvalue weighted by Crippen LogP contribution is -2.23.